The van der Waals surface area contributed by atoms with Crippen LogP contribution < -0.4 is 10.6 Å². The zero-order valence-electron chi connectivity index (χ0n) is 15.6. The summed E-state index contributed by atoms with van der Waals surface area (Å²) < 4.78 is 0. The highest BCUT2D eigenvalue weighted by Gasteiger charge is 2.29. The van der Waals surface area contributed by atoms with Crippen LogP contribution >= 0.6 is 0 Å². The lowest BCUT2D eigenvalue weighted by atomic mass is 10.0. The molecule has 2 aromatic carbocycles. The summed E-state index contributed by atoms with van der Waals surface area (Å²) in [7, 11) is 0. The van der Waals surface area contributed by atoms with Crippen molar-refractivity contribution in [2.75, 3.05) is 0 Å². The Morgan fingerprint density at radius 2 is 1.85 bits per heavy atom. The van der Waals surface area contributed by atoms with Crippen molar-refractivity contribution in [1.82, 2.24) is 10.6 Å². The molecule has 2 amide bonds. The van der Waals surface area contributed by atoms with Crippen molar-refractivity contribution in [3.8, 4) is 0 Å². The molecular formula is C22H26N2O2. The molecule has 0 spiro atoms. The van der Waals surface area contributed by atoms with Crippen LogP contribution in [0, 0.1) is 12.8 Å². The van der Waals surface area contributed by atoms with Crippen molar-refractivity contribution in [1.29, 1.82) is 0 Å². The Morgan fingerprint density at radius 3 is 2.58 bits per heavy atom. The van der Waals surface area contributed by atoms with E-state index in [4.69, 9.17) is 0 Å². The molecule has 1 aliphatic rings. The second-order valence-corrected chi connectivity index (χ2v) is 7.36. The van der Waals surface area contributed by atoms with Crippen molar-refractivity contribution in [3.63, 3.8) is 0 Å². The predicted octanol–water partition coefficient (Wildman–Crippen LogP) is 3.55. The Bertz CT molecular complexity index is 813. The van der Waals surface area contributed by atoms with E-state index in [0.29, 0.717) is 5.56 Å². The summed E-state index contributed by atoms with van der Waals surface area (Å²) in [5.74, 6) is -0.336. The number of carbonyl (C=O) groups is 2. The average Bonchev–Trinajstić information content (AvgIpc) is 3.02. The Morgan fingerprint density at radius 1 is 1.08 bits per heavy atom. The normalized spacial score (nSPS) is 16.8. The summed E-state index contributed by atoms with van der Waals surface area (Å²) >= 11 is 0. The van der Waals surface area contributed by atoms with Crippen LogP contribution in [0.1, 0.15) is 53.4 Å². The minimum atomic E-state index is -0.559. The van der Waals surface area contributed by atoms with Gasteiger partial charge in [0, 0.05) is 5.56 Å². The predicted molar refractivity (Wildman–Crippen MR) is 103 cm³/mol. The van der Waals surface area contributed by atoms with Gasteiger partial charge >= 0.3 is 0 Å². The lowest BCUT2D eigenvalue weighted by Gasteiger charge is -2.24. The molecule has 2 atom stereocenters. The zero-order valence-corrected chi connectivity index (χ0v) is 15.6. The molecule has 0 bridgehead atoms. The summed E-state index contributed by atoms with van der Waals surface area (Å²) in [5, 5.41) is 6.04. The molecule has 0 heterocycles. The third-order valence-corrected chi connectivity index (χ3v) is 4.97. The fourth-order valence-corrected chi connectivity index (χ4v) is 3.51. The number of aryl methyl sites for hydroxylation is 2. The van der Waals surface area contributed by atoms with E-state index in [1.165, 1.54) is 11.1 Å². The van der Waals surface area contributed by atoms with Gasteiger partial charge in [0.05, 0.1) is 6.04 Å². The first-order valence-corrected chi connectivity index (χ1v) is 9.21. The Labute approximate surface area is 155 Å². The smallest absolute Gasteiger partial charge is 0.251 e. The molecule has 0 radical (unpaired) electrons. The summed E-state index contributed by atoms with van der Waals surface area (Å²) in [4.78, 5) is 25.4. The fraction of sp³-hybridized carbons (Fsp3) is 0.364. The van der Waals surface area contributed by atoms with Gasteiger partial charge in [-0.1, -0.05) is 55.8 Å². The van der Waals surface area contributed by atoms with Gasteiger partial charge in [-0.3, -0.25) is 9.59 Å². The fourth-order valence-electron chi connectivity index (χ4n) is 3.51. The molecule has 2 aromatic rings. The van der Waals surface area contributed by atoms with E-state index < -0.39 is 6.04 Å². The van der Waals surface area contributed by atoms with E-state index in [-0.39, 0.29) is 23.8 Å². The molecule has 0 aromatic heterocycles. The van der Waals surface area contributed by atoms with E-state index >= 15 is 0 Å². The quantitative estimate of drug-likeness (QED) is 0.866. The van der Waals surface area contributed by atoms with Gasteiger partial charge in [0.15, 0.2) is 0 Å². The number of hydrogen-bond donors (Lipinski definition) is 2. The second kappa shape index (κ2) is 7.73. The Kier molecular flexibility index (Phi) is 5.40. The van der Waals surface area contributed by atoms with Gasteiger partial charge < -0.3 is 10.6 Å². The van der Waals surface area contributed by atoms with Crippen molar-refractivity contribution in [2.24, 2.45) is 5.92 Å². The van der Waals surface area contributed by atoms with Crippen LogP contribution in [0.25, 0.3) is 0 Å². The van der Waals surface area contributed by atoms with Crippen LogP contribution in [0.3, 0.4) is 0 Å². The molecule has 0 aliphatic heterocycles. The lowest BCUT2D eigenvalue weighted by Crippen LogP contribution is -2.50. The molecule has 3 rings (SSSR count). The third-order valence-electron chi connectivity index (χ3n) is 4.97. The zero-order chi connectivity index (χ0) is 18.7. The van der Waals surface area contributed by atoms with Gasteiger partial charge in [-0.25, -0.2) is 0 Å². The molecule has 4 nitrogen and oxygen atoms in total. The van der Waals surface area contributed by atoms with Crippen LogP contribution in [-0.4, -0.2) is 17.9 Å². The minimum Gasteiger partial charge on any atom is -0.347 e. The number of fused-ring (bicyclic) bond motifs is 1. The molecule has 0 saturated carbocycles. The molecule has 26 heavy (non-hydrogen) atoms. The number of amides is 2. The van der Waals surface area contributed by atoms with Gasteiger partial charge in [0.25, 0.3) is 5.91 Å². The number of hydrogen-bond acceptors (Lipinski definition) is 2. The molecule has 1 aliphatic carbocycles. The van der Waals surface area contributed by atoms with Gasteiger partial charge in [0.2, 0.25) is 5.91 Å². The average molecular weight is 350 g/mol. The number of benzene rings is 2. The monoisotopic (exact) mass is 350 g/mol. The van der Waals surface area contributed by atoms with Crippen LogP contribution in [0.5, 0.6) is 0 Å². The van der Waals surface area contributed by atoms with Gasteiger partial charge in [-0.15, -0.1) is 0 Å². The van der Waals surface area contributed by atoms with Crippen LogP contribution in [-0.2, 0) is 11.2 Å². The van der Waals surface area contributed by atoms with Crippen LogP contribution in [0.4, 0.5) is 0 Å². The maximum atomic E-state index is 12.9. The first kappa shape index (κ1) is 18.2. The standard InChI is InChI=1S/C22H26N2O2/c1-14(2)20(24-21(25)17-9-6-7-15(3)13-17)22(26)23-19-12-11-16-8-4-5-10-18(16)19/h4-10,13-14,19-20H,11-12H2,1-3H3,(H,23,26)(H,24,25)/t19?,20-/m0/s1. The van der Waals surface area contributed by atoms with E-state index in [1.807, 2.05) is 51.1 Å². The second-order valence-electron chi connectivity index (χ2n) is 7.36. The molecular weight excluding hydrogens is 324 g/mol. The first-order valence-electron chi connectivity index (χ1n) is 9.21. The van der Waals surface area contributed by atoms with Gasteiger partial charge in [-0.05, 0) is 48.9 Å². The van der Waals surface area contributed by atoms with Gasteiger partial charge in [0.1, 0.15) is 6.04 Å². The first-order chi connectivity index (χ1) is 12.5. The Balaban J connectivity index is 1.70. The summed E-state index contributed by atoms with van der Waals surface area (Å²) in [6.45, 7) is 5.84. The van der Waals surface area contributed by atoms with E-state index in [0.717, 1.165) is 18.4 Å². The molecule has 136 valence electrons. The lowest BCUT2D eigenvalue weighted by molar-refractivity contribution is -0.124. The maximum absolute atomic E-state index is 12.9. The highest BCUT2D eigenvalue weighted by molar-refractivity contribution is 5.97. The third kappa shape index (κ3) is 3.96. The van der Waals surface area contributed by atoms with E-state index in [2.05, 4.69) is 22.8 Å². The minimum absolute atomic E-state index is 0.000376. The number of carbonyl (C=O) groups excluding carboxylic acids is 2. The topological polar surface area (TPSA) is 58.2 Å². The molecule has 2 N–H and O–H groups in total. The molecule has 4 heteroatoms. The SMILES string of the molecule is Cc1cccc(C(=O)N[C@H](C(=O)NC2CCc3ccccc32)C(C)C)c1. The molecule has 0 saturated heterocycles. The van der Waals surface area contributed by atoms with Crippen LogP contribution in [0.15, 0.2) is 48.5 Å². The van der Waals surface area contributed by atoms with Crippen molar-refractivity contribution in [2.45, 2.75) is 45.7 Å². The summed E-state index contributed by atoms with van der Waals surface area (Å²) in [5.41, 5.74) is 4.08. The summed E-state index contributed by atoms with van der Waals surface area (Å²) in [6, 6.07) is 15.1. The molecule has 1 unspecified atom stereocenters. The number of nitrogens with one attached hydrogen (secondary N) is 2. The van der Waals surface area contributed by atoms with Gasteiger partial charge in [-0.2, -0.15) is 0 Å². The number of rotatable bonds is 5. The Hall–Kier alpha value is -2.62. The largest absolute Gasteiger partial charge is 0.347 e. The van der Waals surface area contributed by atoms with Crippen LogP contribution in [0.2, 0.25) is 0 Å². The molecule has 0 fully saturated rings. The van der Waals surface area contributed by atoms with Crippen molar-refractivity contribution < 1.29 is 9.59 Å². The highest BCUT2D eigenvalue weighted by atomic mass is 16.2. The van der Waals surface area contributed by atoms with E-state index in [9.17, 15) is 9.59 Å². The summed E-state index contributed by atoms with van der Waals surface area (Å²) in [6.07, 6.45) is 1.88. The van der Waals surface area contributed by atoms with E-state index in [1.54, 1.807) is 6.07 Å². The van der Waals surface area contributed by atoms with Crippen molar-refractivity contribution in [3.05, 3.63) is 70.8 Å². The van der Waals surface area contributed by atoms with Crippen molar-refractivity contribution >= 4 is 11.8 Å². The highest BCUT2D eigenvalue weighted by Crippen LogP contribution is 2.30. The maximum Gasteiger partial charge on any atom is 0.251 e.